The van der Waals surface area contributed by atoms with Crippen molar-refractivity contribution in [2.24, 2.45) is 11.8 Å². The quantitative estimate of drug-likeness (QED) is 0.622. The maximum Gasteiger partial charge on any atom is 0.184 e. The fourth-order valence-electron chi connectivity index (χ4n) is 5.34. The SMILES string of the molecule is C[Si](C[C@@H]1CCC[C@]2(O[Si](C)(C)C)CCCC[C@@H]12)c1ccccc1. The van der Waals surface area contributed by atoms with E-state index in [0.717, 1.165) is 11.8 Å². The van der Waals surface area contributed by atoms with Gasteiger partial charge in [-0.05, 0) is 50.7 Å². The van der Waals surface area contributed by atoms with Crippen LogP contribution in [0.4, 0.5) is 0 Å². The Hall–Kier alpha value is -0.386. The highest BCUT2D eigenvalue weighted by Gasteiger charge is 2.49. The van der Waals surface area contributed by atoms with Crippen molar-refractivity contribution in [2.75, 3.05) is 0 Å². The Balaban J connectivity index is 1.76. The Morgan fingerprint density at radius 3 is 2.46 bits per heavy atom. The van der Waals surface area contributed by atoms with E-state index < -0.39 is 17.1 Å². The van der Waals surface area contributed by atoms with Crippen molar-refractivity contribution < 1.29 is 4.43 Å². The molecule has 133 valence electrons. The van der Waals surface area contributed by atoms with Gasteiger partial charge in [0.15, 0.2) is 8.32 Å². The normalized spacial score (nSPS) is 31.0. The molecule has 1 radical (unpaired) electrons. The molecule has 2 aliphatic rings. The minimum atomic E-state index is -1.49. The average molecular weight is 360 g/mol. The van der Waals surface area contributed by atoms with Crippen LogP contribution in [0.15, 0.2) is 30.3 Å². The van der Waals surface area contributed by atoms with E-state index >= 15 is 0 Å². The third kappa shape index (κ3) is 4.23. The second-order valence-corrected chi connectivity index (χ2v) is 16.1. The molecule has 0 N–H and O–H groups in total. The summed E-state index contributed by atoms with van der Waals surface area (Å²) in [4.78, 5) is 0. The van der Waals surface area contributed by atoms with Crippen LogP contribution < -0.4 is 5.19 Å². The molecule has 0 heterocycles. The molecule has 0 spiro atoms. The molecule has 1 aromatic carbocycles. The molecular formula is C21H35OSi2. The van der Waals surface area contributed by atoms with Gasteiger partial charge in [0.2, 0.25) is 0 Å². The zero-order valence-electron chi connectivity index (χ0n) is 16.1. The predicted octanol–water partition coefficient (Wildman–Crippen LogP) is 5.60. The molecule has 1 aromatic rings. The first-order chi connectivity index (χ1) is 11.4. The van der Waals surface area contributed by atoms with E-state index in [1.807, 2.05) is 0 Å². The lowest BCUT2D eigenvalue weighted by atomic mass is 9.63. The topological polar surface area (TPSA) is 9.23 Å². The highest BCUT2D eigenvalue weighted by atomic mass is 28.4. The fraction of sp³-hybridized carbons (Fsp3) is 0.714. The van der Waals surface area contributed by atoms with Crippen LogP contribution in [0.3, 0.4) is 0 Å². The van der Waals surface area contributed by atoms with Gasteiger partial charge in [-0.25, -0.2) is 0 Å². The molecule has 2 fully saturated rings. The summed E-state index contributed by atoms with van der Waals surface area (Å²) < 4.78 is 6.94. The molecule has 3 rings (SSSR count). The predicted molar refractivity (Wildman–Crippen MR) is 109 cm³/mol. The van der Waals surface area contributed by atoms with Crippen LogP contribution in [-0.2, 0) is 4.43 Å². The van der Waals surface area contributed by atoms with E-state index in [2.05, 4.69) is 56.5 Å². The van der Waals surface area contributed by atoms with E-state index in [4.69, 9.17) is 4.43 Å². The average Bonchev–Trinajstić information content (AvgIpc) is 2.54. The van der Waals surface area contributed by atoms with Gasteiger partial charge in [-0.15, -0.1) is 0 Å². The van der Waals surface area contributed by atoms with Crippen LogP contribution in [0.2, 0.25) is 32.2 Å². The molecule has 0 aromatic heterocycles. The summed E-state index contributed by atoms with van der Waals surface area (Å²) in [5, 5.41) is 1.61. The summed E-state index contributed by atoms with van der Waals surface area (Å²) in [5.74, 6) is 1.73. The smallest absolute Gasteiger partial charge is 0.184 e. The first-order valence-electron chi connectivity index (χ1n) is 9.98. The van der Waals surface area contributed by atoms with E-state index in [0.29, 0.717) is 0 Å². The van der Waals surface area contributed by atoms with Gasteiger partial charge in [-0.2, -0.15) is 0 Å². The first kappa shape index (κ1) is 18.4. The molecule has 24 heavy (non-hydrogen) atoms. The maximum absolute atomic E-state index is 6.94. The minimum absolute atomic E-state index is 0.241. The molecule has 0 unspecified atom stereocenters. The van der Waals surface area contributed by atoms with Crippen molar-refractivity contribution in [3.05, 3.63) is 30.3 Å². The third-order valence-electron chi connectivity index (χ3n) is 6.13. The van der Waals surface area contributed by atoms with Crippen LogP contribution in [-0.4, -0.2) is 22.7 Å². The largest absolute Gasteiger partial charge is 0.412 e. The van der Waals surface area contributed by atoms with Gasteiger partial charge in [-0.1, -0.05) is 73.8 Å². The lowest BCUT2D eigenvalue weighted by Gasteiger charge is -2.54. The maximum atomic E-state index is 6.94. The lowest BCUT2D eigenvalue weighted by molar-refractivity contribution is -0.0810. The molecule has 2 saturated carbocycles. The molecule has 0 aliphatic heterocycles. The first-order valence-corrected chi connectivity index (χ1v) is 15.6. The lowest BCUT2D eigenvalue weighted by Crippen LogP contribution is -2.54. The summed E-state index contributed by atoms with van der Waals surface area (Å²) in [7, 11) is -1.92. The number of hydrogen-bond donors (Lipinski definition) is 0. The highest BCUT2D eigenvalue weighted by molar-refractivity contribution is 6.72. The molecule has 3 heteroatoms. The van der Waals surface area contributed by atoms with Crippen molar-refractivity contribution in [2.45, 2.75) is 82.8 Å². The van der Waals surface area contributed by atoms with Crippen LogP contribution in [0, 0.1) is 11.8 Å². The molecule has 2 aliphatic carbocycles. The number of rotatable bonds is 5. The van der Waals surface area contributed by atoms with Gasteiger partial charge in [-0.3, -0.25) is 0 Å². The van der Waals surface area contributed by atoms with Crippen molar-refractivity contribution >= 4 is 22.3 Å². The Morgan fingerprint density at radius 1 is 1.04 bits per heavy atom. The van der Waals surface area contributed by atoms with Gasteiger partial charge in [0.05, 0.1) is 14.4 Å². The zero-order valence-corrected chi connectivity index (χ0v) is 18.1. The molecule has 0 saturated heterocycles. The summed E-state index contributed by atoms with van der Waals surface area (Å²) in [6, 6.07) is 12.7. The van der Waals surface area contributed by atoms with Gasteiger partial charge < -0.3 is 4.43 Å². The Morgan fingerprint density at radius 2 is 1.75 bits per heavy atom. The molecular weight excluding hydrogens is 324 g/mol. The van der Waals surface area contributed by atoms with E-state index in [-0.39, 0.29) is 5.60 Å². The van der Waals surface area contributed by atoms with E-state index in [1.165, 1.54) is 51.0 Å². The Labute approximate surface area is 151 Å². The van der Waals surface area contributed by atoms with E-state index in [9.17, 15) is 0 Å². The fourth-order valence-corrected chi connectivity index (χ4v) is 9.19. The number of benzene rings is 1. The van der Waals surface area contributed by atoms with Crippen molar-refractivity contribution in [1.82, 2.24) is 0 Å². The van der Waals surface area contributed by atoms with Crippen molar-refractivity contribution in [1.29, 1.82) is 0 Å². The van der Waals surface area contributed by atoms with Crippen LogP contribution in [0.25, 0.3) is 0 Å². The number of hydrogen-bond acceptors (Lipinski definition) is 1. The number of fused-ring (bicyclic) bond motifs is 1. The second-order valence-electron chi connectivity index (χ2n) is 9.13. The van der Waals surface area contributed by atoms with Gasteiger partial charge in [0, 0.05) is 0 Å². The third-order valence-corrected chi connectivity index (χ3v) is 9.60. The van der Waals surface area contributed by atoms with E-state index in [1.54, 1.807) is 5.19 Å². The summed E-state index contributed by atoms with van der Waals surface area (Å²) >= 11 is 0. The highest BCUT2D eigenvalue weighted by Crippen LogP contribution is 2.51. The summed E-state index contributed by atoms with van der Waals surface area (Å²) in [6.07, 6.45) is 9.71. The summed E-state index contributed by atoms with van der Waals surface area (Å²) in [5.41, 5.74) is 0.241. The molecule has 1 nitrogen and oxygen atoms in total. The van der Waals surface area contributed by atoms with Crippen LogP contribution >= 0.6 is 0 Å². The Kier molecular flexibility index (Phi) is 5.73. The minimum Gasteiger partial charge on any atom is -0.412 e. The molecule has 3 atom stereocenters. The van der Waals surface area contributed by atoms with Crippen LogP contribution in [0.1, 0.15) is 44.9 Å². The van der Waals surface area contributed by atoms with Crippen molar-refractivity contribution in [3.63, 3.8) is 0 Å². The monoisotopic (exact) mass is 359 g/mol. The molecule has 0 bridgehead atoms. The van der Waals surface area contributed by atoms with Gasteiger partial charge in [0.1, 0.15) is 0 Å². The molecule has 0 amide bonds. The van der Waals surface area contributed by atoms with Gasteiger partial charge >= 0.3 is 0 Å². The van der Waals surface area contributed by atoms with Crippen LogP contribution in [0.5, 0.6) is 0 Å². The summed E-state index contributed by atoms with van der Waals surface area (Å²) in [6.45, 7) is 9.68. The van der Waals surface area contributed by atoms with Crippen molar-refractivity contribution in [3.8, 4) is 0 Å². The zero-order chi connectivity index (χ0) is 17.2. The Bertz CT molecular complexity index is 520. The second kappa shape index (κ2) is 7.47. The van der Waals surface area contributed by atoms with Gasteiger partial charge in [0.25, 0.3) is 0 Å². The standard InChI is InChI=1S/C21H35OSi2/c1-23(19-12-6-5-7-13-19)17-18-11-10-16-21(22-24(2,3)4)15-9-8-14-20(18)21/h5-7,12-13,18,20H,8-11,14-17H2,1-4H3/t18-,20-,21+/m0/s1.